The van der Waals surface area contributed by atoms with Gasteiger partial charge in [-0.25, -0.2) is 0 Å². The summed E-state index contributed by atoms with van der Waals surface area (Å²) < 4.78 is 5.56. The van der Waals surface area contributed by atoms with E-state index in [1.54, 1.807) is 31.2 Å². The molecule has 1 aliphatic carbocycles. The van der Waals surface area contributed by atoms with Crippen LogP contribution in [-0.4, -0.2) is 29.3 Å². The van der Waals surface area contributed by atoms with Crippen LogP contribution in [0, 0.1) is 0 Å². The van der Waals surface area contributed by atoms with Crippen molar-refractivity contribution in [3.63, 3.8) is 0 Å². The Morgan fingerprint density at radius 1 is 1.35 bits per heavy atom. The Morgan fingerprint density at radius 3 is 2.65 bits per heavy atom. The number of hydrogen-bond acceptors (Lipinski definition) is 3. The topological polar surface area (TPSA) is 58.6 Å². The molecule has 1 amide bonds. The van der Waals surface area contributed by atoms with Gasteiger partial charge >= 0.3 is 0 Å². The predicted octanol–water partition coefficient (Wildman–Crippen LogP) is 2.53. The molecular formula is C15H20ClNO3. The van der Waals surface area contributed by atoms with E-state index >= 15 is 0 Å². The minimum Gasteiger partial charge on any atom is -0.481 e. The second-order valence-electron chi connectivity index (χ2n) is 5.18. The van der Waals surface area contributed by atoms with Crippen LogP contribution in [0.2, 0.25) is 5.02 Å². The number of carbonyl (C=O) groups is 1. The average molecular weight is 298 g/mol. The van der Waals surface area contributed by atoms with Crippen LogP contribution < -0.4 is 10.1 Å². The van der Waals surface area contributed by atoms with Crippen LogP contribution in [0.15, 0.2) is 24.3 Å². The molecule has 1 aromatic rings. The highest BCUT2D eigenvalue weighted by Gasteiger charge is 2.26. The quantitative estimate of drug-likeness (QED) is 0.898. The number of aliphatic hydroxyl groups excluding tert-OH is 1. The molecule has 2 N–H and O–H groups in total. The van der Waals surface area contributed by atoms with Crippen LogP contribution in [0.3, 0.4) is 0 Å². The van der Waals surface area contributed by atoms with Crippen molar-refractivity contribution in [1.82, 2.24) is 5.32 Å². The van der Waals surface area contributed by atoms with Crippen molar-refractivity contribution in [2.24, 2.45) is 0 Å². The summed E-state index contributed by atoms with van der Waals surface area (Å²) in [4.78, 5) is 12.1. The zero-order valence-corrected chi connectivity index (χ0v) is 12.3. The first-order valence-corrected chi connectivity index (χ1v) is 7.34. The number of benzene rings is 1. The van der Waals surface area contributed by atoms with Gasteiger partial charge in [-0.05, 0) is 44.0 Å². The van der Waals surface area contributed by atoms with Crippen LogP contribution in [0.1, 0.15) is 32.6 Å². The minimum absolute atomic E-state index is 0.160. The molecule has 0 heterocycles. The molecule has 3 atom stereocenters. The molecule has 1 aliphatic rings. The van der Waals surface area contributed by atoms with Crippen molar-refractivity contribution in [3.8, 4) is 5.75 Å². The summed E-state index contributed by atoms with van der Waals surface area (Å²) in [5, 5.41) is 13.3. The van der Waals surface area contributed by atoms with E-state index in [2.05, 4.69) is 5.32 Å². The van der Waals surface area contributed by atoms with Crippen molar-refractivity contribution < 1.29 is 14.6 Å². The maximum Gasteiger partial charge on any atom is 0.261 e. The third-order valence-corrected chi connectivity index (χ3v) is 3.80. The van der Waals surface area contributed by atoms with Gasteiger partial charge in [0.1, 0.15) is 5.75 Å². The number of halogens is 1. The fraction of sp³-hybridized carbons (Fsp3) is 0.533. The van der Waals surface area contributed by atoms with E-state index in [1.807, 2.05) is 0 Å². The second kappa shape index (κ2) is 6.95. The SMILES string of the molecule is CC(Oc1ccc(Cl)cc1)C(=O)NC1CCCCC1O. The number of ether oxygens (including phenoxy) is 1. The molecule has 1 fully saturated rings. The summed E-state index contributed by atoms with van der Waals surface area (Å²) in [5.74, 6) is 0.396. The Balaban J connectivity index is 1.86. The zero-order valence-electron chi connectivity index (χ0n) is 11.5. The fourth-order valence-corrected chi connectivity index (χ4v) is 2.48. The summed E-state index contributed by atoms with van der Waals surface area (Å²) in [6.07, 6.45) is 2.57. The molecule has 0 radical (unpaired) electrons. The molecule has 0 aromatic heterocycles. The average Bonchev–Trinajstić information content (AvgIpc) is 2.44. The molecule has 110 valence electrons. The second-order valence-corrected chi connectivity index (χ2v) is 5.62. The van der Waals surface area contributed by atoms with E-state index in [4.69, 9.17) is 16.3 Å². The largest absolute Gasteiger partial charge is 0.481 e. The van der Waals surface area contributed by atoms with Crippen LogP contribution in [-0.2, 0) is 4.79 Å². The third kappa shape index (κ3) is 4.12. The first kappa shape index (κ1) is 15.1. The van der Waals surface area contributed by atoms with Gasteiger partial charge in [-0.2, -0.15) is 0 Å². The predicted molar refractivity (Wildman–Crippen MR) is 77.9 cm³/mol. The molecule has 1 aromatic carbocycles. The molecule has 0 aliphatic heterocycles. The van der Waals surface area contributed by atoms with Crippen molar-refractivity contribution in [2.45, 2.75) is 50.9 Å². The van der Waals surface area contributed by atoms with E-state index < -0.39 is 12.2 Å². The van der Waals surface area contributed by atoms with Gasteiger partial charge in [-0.3, -0.25) is 4.79 Å². The first-order chi connectivity index (χ1) is 9.56. The number of aliphatic hydroxyl groups is 1. The molecule has 2 rings (SSSR count). The van der Waals surface area contributed by atoms with Crippen molar-refractivity contribution in [2.75, 3.05) is 0 Å². The van der Waals surface area contributed by atoms with Crippen LogP contribution in [0.5, 0.6) is 5.75 Å². The smallest absolute Gasteiger partial charge is 0.261 e. The lowest BCUT2D eigenvalue weighted by Crippen LogP contribution is -2.49. The monoisotopic (exact) mass is 297 g/mol. The van der Waals surface area contributed by atoms with E-state index in [0.29, 0.717) is 10.8 Å². The maximum atomic E-state index is 12.1. The van der Waals surface area contributed by atoms with E-state index in [0.717, 1.165) is 25.7 Å². The highest BCUT2D eigenvalue weighted by molar-refractivity contribution is 6.30. The number of nitrogens with one attached hydrogen (secondary N) is 1. The molecular weight excluding hydrogens is 278 g/mol. The number of rotatable bonds is 4. The number of carbonyl (C=O) groups excluding carboxylic acids is 1. The number of hydrogen-bond donors (Lipinski definition) is 2. The highest BCUT2D eigenvalue weighted by Crippen LogP contribution is 2.19. The third-order valence-electron chi connectivity index (χ3n) is 3.55. The standard InChI is InChI=1S/C15H20ClNO3/c1-10(20-12-8-6-11(16)7-9-12)15(19)17-13-4-2-3-5-14(13)18/h6-10,13-14,18H,2-5H2,1H3,(H,17,19). The van der Waals surface area contributed by atoms with Crippen molar-refractivity contribution >= 4 is 17.5 Å². The van der Waals surface area contributed by atoms with Gasteiger partial charge in [0.05, 0.1) is 12.1 Å². The van der Waals surface area contributed by atoms with Gasteiger partial charge in [-0.15, -0.1) is 0 Å². The number of amides is 1. The van der Waals surface area contributed by atoms with Gasteiger partial charge in [0, 0.05) is 5.02 Å². The fourth-order valence-electron chi connectivity index (χ4n) is 2.35. The van der Waals surface area contributed by atoms with E-state index in [1.165, 1.54) is 0 Å². The Morgan fingerprint density at radius 2 is 2.00 bits per heavy atom. The van der Waals surface area contributed by atoms with Gasteiger partial charge in [0.25, 0.3) is 5.91 Å². The lowest BCUT2D eigenvalue weighted by Gasteiger charge is -2.29. The van der Waals surface area contributed by atoms with Crippen molar-refractivity contribution in [1.29, 1.82) is 0 Å². The molecule has 0 bridgehead atoms. The molecule has 3 unspecified atom stereocenters. The van der Waals surface area contributed by atoms with Gasteiger partial charge in [0.15, 0.2) is 6.10 Å². The first-order valence-electron chi connectivity index (χ1n) is 6.97. The van der Waals surface area contributed by atoms with Crippen molar-refractivity contribution in [3.05, 3.63) is 29.3 Å². The van der Waals surface area contributed by atoms with Crippen LogP contribution in [0.25, 0.3) is 0 Å². The van der Waals surface area contributed by atoms with Gasteiger partial charge < -0.3 is 15.2 Å². The minimum atomic E-state index is -0.606. The van der Waals surface area contributed by atoms with Gasteiger partial charge in [-0.1, -0.05) is 24.4 Å². The Bertz CT molecular complexity index is 449. The summed E-state index contributed by atoms with van der Waals surface area (Å²) in [5.41, 5.74) is 0. The Kier molecular flexibility index (Phi) is 5.26. The summed E-state index contributed by atoms with van der Waals surface area (Å²) in [6.45, 7) is 1.69. The lowest BCUT2D eigenvalue weighted by atomic mass is 9.92. The van der Waals surface area contributed by atoms with Crippen LogP contribution in [0.4, 0.5) is 0 Å². The molecule has 5 heteroatoms. The molecule has 0 saturated heterocycles. The maximum absolute atomic E-state index is 12.1. The van der Waals surface area contributed by atoms with E-state index in [-0.39, 0.29) is 11.9 Å². The van der Waals surface area contributed by atoms with Gasteiger partial charge in [0.2, 0.25) is 0 Å². The van der Waals surface area contributed by atoms with Crippen LogP contribution >= 0.6 is 11.6 Å². The normalized spacial score (nSPS) is 23.9. The Labute approximate surface area is 124 Å². The molecule has 4 nitrogen and oxygen atoms in total. The Hall–Kier alpha value is -1.26. The summed E-state index contributed by atoms with van der Waals surface area (Å²) in [7, 11) is 0. The molecule has 0 spiro atoms. The van der Waals surface area contributed by atoms with E-state index in [9.17, 15) is 9.90 Å². The molecule has 20 heavy (non-hydrogen) atoms. The lowest BCUT2D eigenvalue weighted by molar-refractivity contribution is -0.129. The molecule has 1 saturated carbocycles. The zero-order chi connectivity index (χ0) is 14.5. The summed E-state index contributed by atoms with van der Waals surface area (Å²) in [6, 6.07) is 6.72. The summed E-state index contributed by atoms with van der Waals surface area (Å²) >= 11 is 5.79. The highest BCUT2D eigenvalue weighted by atomic mass is 35.5.